The van der Waals surface area contributed by atoms with E-state index in [1.165, 1.54) is 5.69 Å². The number of nitrogens with zero attached hydrogens (tertiary/aromatic N) is 2. The summed E-state index contributed by atoms with van der Waals surface area (Å²) in [4.78, 5) is 11.9. The van der Waals surface area contributed by atoms with Gasteiger partial charge in [-0.2, -0.15) is 0 Å². The minimum absolute atomic E-state index is 0.111. The summed E-state index contributed by atoms with van der Waals surface area (Å²) in [6.07, 6.45) is 3.87. The molecular formula is C16H24N4O2. The summed E-state index contributed by atoms with van der Waals surface area (Å²) in [6.45, 7) is 6.15. The summed E-state index contributed by atoms with van der Waals surface area (Å²) in [5.74, 6) is 0.745. The lowest BCUT2D eigenvalue weighted by Crippen LogP contribution is -2.40. The third-order valence-corrected chi connectivity index (χ3v) is 3.87. The predicted octanol–water partition coefficient (Wildman–Crippen LogP) is 2.45. The van der Waals surface area contributed by atoms with Gasteiger partial charge in [0.1, 0.15) is 5.76 Å². The summed E-state index contributed by atoms with van der Waals surface area (Å²) >= 11 is 0. The van der Waals surface area contributed by atoms with E-state index in [0.29, 0.717) is 6.54 Å². The molecule has 0 spiro atoms. The number of nitrogens with one attached hydrogen (secondary N) is 2. The largest absolute Gasteiger partial charge is 0.361 e. The zero-order valence-corrected chi connectivity index (χ0v) is 13.6. The van der Waals surface area contributed by atoms with Gasteiger partial charge in [0.25, 0.3) is 0 Å². The zero-order valence-electron chi connectivity index (χ0n) is 13.6. The maximum atomic E-state index is 11.9. The number of aryl methyl sites for hydroxylation is 4. The van der Waals surface area contributed by atoms with Crippen LogP contribution in [0.3, 0.4) is 0 Å². The number of rotatable bonds is 6. The quantitative estimate of drug-likeness (QED) is 0.861. The number of urea groups is 1. The van der Waals surface area contributed by atoms with Gasteiger partial charge in [-0.25, -0.2) is 4.79 Å². The molecule has 6 heteroatoms. The number of carbonyl (C=O) groups is 1. The van der Waals surface area contributed by atoms with Gasteiger partial charge in [-0.05, 0) is 45.7 Å². The number of hydrogen-bond acceptors (Lipinski definition) is 3. The Hall–Kier alpha value is -2.24. The Morgan fingerprint density at radius 2 is 2.23 bits per heavy atom. The highest BCUT2D eigenvalue weighted by Crippen LogP contribution is 2.11. The molecule has 0 aliphatic carbocycles. The maximum Gasteiger partial charge on any atom is 0.315 e. The summed E-state index contributed by atoms with van der Waals surface area (Å²) in [5.41, 5.74) is 3.02. The van der Waals surface area contributed by atoms with Crippen LogP contribution in [0.15, 0.2) is 22.9 Å². The maximum absolute atomic E-state index is 11.9. The molecule has 2 aromatic heterocycles. The first kappa shape index (κ1) is 16.1. The molecule has 0 saturated heterocycles. The molecular weight excluding hydrogens is 280 g/mol. The molecule has 2 rings (SSSR count). The molecule has 0 bridgehead atoms. The van der Waals surface area contributed by atoms with Crippen LogP contribution in [-0.4, -0.2) is 21.8 Å². The lowest BCUT2D eigenvalue weighted by Gasteiger charge is -2.15. The number of aromatic nitrogens is 2. The summed E-state index contributed by atoms with van der Waals surface area (Å²) in [6, 6.07) is 4.08. The Bertz CT molecular complexity index is 610. The molecule has 0 radical (unpaired) electrons. The standard InChI is InChI=1S/C16H24N4O2/c1-11(7-8-14-6-5-9-20(14)4)18-16(21)17-10-15-12(2)19-22-13(15)3/h5-6,9,11H,7-8,10H2,1-4H3,(H2,17,18,21)/t11-/m1/s1. The van der Waals surface area contributed by atoms with Gasteiger partial charge in [0.05, 0.1) is 5.69 Å². The van der Waals surface area contributed by atoms with E-state index in [2.05, 4.69) is 26.4 Å². The number of amides is 2. The molecule has 2 amide bonds. The van der Waals surface area contributed by atoms with Crippen molar-refractivity contribution < 1.29 is 9.32 Å². The van der Waals surface area contributed by atoms with Crippen LogP contribution in [0.1, 0.15) is 36.1 Å². The predicted molar refractivity (Wildman–Crippen MR) is 84.5 cm³/mol. The fourth-order valence-corrected chi connectivity index (χ4v) is 2.39. The van der Waals surface area contributed by atoms with Crippen molar-refractivity contribution in [2.75, 3.05) is 0 Å². The fourth-order valence-electron chi connectivity index (χ4n) is 2.39. The Labute approximate surface area is 130 Å². The first-order valence-corrected chi connectivity index (χ1v) is 7.53. The van der Waals surface area contributed by atoms with Crippen LogP contribution in [0.25, 0.3) is 0 Å². The minimum atomic E-state index is -0.167. The first-order chi connectivity index (χ1) is 10.5. The van der Waals surface area contributed by atoms with Crippen molar-refractivity contribution in [1.82, 2.24) is 20.4 Å². The van der Waals surface area contributed by atoms with E-state index in [-0.39, 0.29) is 12.1 Å². The van der Waals surface area contributed by atoms with Gasteiger partial charge in [0, 0.05) is 37.1 Å². The first-order valence-electron chi connectivity index (χ1n) is 7.53. The van der Waals surface area contributed by atoms with Crippen molar-refractivity contribution in [3.8, 4) is 0 Å². The molecule has 2 heterocycles. The van der Waals surface area contributed by atoms with Crippen LogP contribution >= 0.6 is 0 Å². The monoisotopic (exact) mass is 304 g/mol. The molecule has 1 atom stereocenters. The smallest absolute Gasteiger partial charge is 0.315 e. The second kappa shape index (κ2) is 7.15. The molecule has 0 aliphatic rings. The number of hydrogen-bond donors (Lipinski definition) is 2. The highest BCUT2D eigenvalue weighted by atomic mass is 16.5. The Balaban J connectivity index is 1.73. The van der Waals surface area contributed by atoms with Crippen LogP contribution in [0.2, 0.25) is 0 Å². The summed E-state index contributed by atoms with van der Waals surface area (Å²) < 4.78 is 7.18. The van der Waals surface area contributed by atoms with Crippen molar-refractivity contribution in [2.24, 2.45) is 7.05 Å². The average molecular weight is 304 g/mol. The minimum Gasteiger partial charge on any atom is -0.361 e. The van der Waals surface area contributed by atoms with E-state index in [1.807, 2.05) is 40.1 Å². The third kappa shape index (κ3) is 4.13. The average Bonchev–Trinajstić information content (AvgIpc) is 3.01. The topological polar surface area (TPSA) is 72.1 Å². The van der Waals surface area contributed by atoms with E-state index in [9.17, 15) is 4.79 Å². The number of carbonyl (C=O) groups excluding carboxylic acids is 1. The Morgan fingerprint density at radius 3 is 2.82 bits per heavy atom. The van der Waals surface area contributed by atoms with Crippen molar-refractivity contribution in [3.63, 3.8) is 0 Å². The third-order valence-electron chi connectivity index (χ3n) is 3.87. The highest BCUT2D eigenvalue weighted by molar-refractivity contribution is 5.74. The van der Waals surface area contributed by atoms with Gasteiger partial charge in [0.2, 0.25) is 0 Å². The van der Waals surface area contributed by atoms with Crippen molar-refractivity contribution in [3.05, 3.63) is 41.0 Å². The van der Waals surface area contributed by atoms with Crippen molar-refractivity contribution in [2.45, 2.75) is 46.2 Å². The van der Waals surface area contributed by atoms with Gasteiger partial charge in [-0.15, -0.1) is 0 Å². The van der Waals surface area contributed by atoms with Gasteiger partial charge in [-0.3, -0.25) is 0 Å². The second-order valence-electron chi connectivity index (χ2n) is 5.68. The van der Waals surface area contributed by atoms with Gasteiger partial charge in [0.15, 0.2) is 0 Å². The van der Waals surface area contributed by atoms with Crippen LogP contribution in [0.4, 0.5) is 4.79 Å². The molecule has 0 saturated carbocycles. The van der Waals surface area contributed by atoms with Crippen LogP contribution in [0, 0.1) is 13.8 Å². The highest BCUT2D eigenvalue weighted by Gasteiger charge is 2.12. The van der Waals surface area contributed by atoms with E-state index in [1.54, 1.807) is 0 Å². The van der Waals surface area contributed by atoms with Crippen LogP contribution in [-0.2, 0) is 20.0 Å². The van der Waals surface area contributed by atoms with Gasteiger partial charge < -0.3 is 19.7 Å². The molecule has 22 heavy (non-hydrogen) atoms. The lowest BCUT2D eigenvalue weighted by atomic mass is 10.1. The lowest BCUT2D eigenvalue weighted by molar-refractivity contribution is 0.236. The van der Waals surface area contributed by atoms with E-state index < -0.39 is 0 Å². The van der Waals surface area contributed by atoms with Gasteiger partial charge in [-0.1, -0.05) is 5.16 Å². The molecule has 0 unspecified atom stereocenters. The molecule has 0 aromatic carbocycles. The molecule has 120 valence electrons. The zero-order chi connectivity index (χ0) is 16.1. The summed E-state index contributed by atoms with van der Waals surface area (Å²) in [5, 5.41) is 9.67. The summed E-state index contributed by atoms with van der Waals surface area (Å²) in [7, 11) is 2.03. The molecule has 2 N–H and O–H groups in total. The molecule has 6 nitrogen and oxygen atoms in total. The van der Waals surface area contributed by atoms with E-state index in [4.69, 9.17) is 4.52 Å². The molecule has 0 aliphatic heterocycles. The Kier molecular flexibility index (Phi) is 5.25. The van der Waals surface area contributed by atoms with E-state index in [0.717, 1.165) is 29.9 Å². The van der Waals surface area contributed by atoms with Crippen LogP contribution < -0.4 is 10.6 Å². The van der Waals surface area contributed by atoms with Gasteiger partial charge >= 0.3 is 6.03 Å². The Morgan fingerprint density at radius 1 is 1.45 bits per heavy atom. The van der Waals surface area contributed by atoms with Crippen LogP contribution in [0.5, 0.6) is 0 Å². The molecule has 2 aromatic rings. The fraction of sp³-hybridized carbons (Fsp3) is 0.500. The molecule has 0 fully saturated rings. The second-order valence-corrected chi connectivity index (χ2v) is 5.68. The van der Waals surface area contributed by atoms with Crippen molar-refractivity contribution >= 4 is 6.03 Å². The SMILES string of the molecule is Cc1noc(C)c1CNC(=O)N[C@H](C)CCc1cccn1C. The van der Waals surface area contributed by atoms with E-state index >= 15 is 0 Å². The van der Waals surface area contributed by atoms with Crippen molar-refractivity contribution in [1.29, 1.82) is 0 Å². The normalized spacial score (nSPS) is 12.2.